The van der Waals surface area contributed by atoms with Gasteiger partial charge in [-0.25, -0.2) is 0 Å². The van der Waals surface area contributed by atoms with Crippen LogP contribution in [0.5, 0.6) is 5.75 Å². The van der Waals surface area contributed by atoms with Crippen LogP contribution >= 0.6 is 0 Å². The topological polar surface area (TPSA) is 52.8 Å². The Labute approximate surface area is 77.4 Å². The summed E-state index contributed by atoms with van der Waals surface area (Å²) in [5, 5.41) is 17.7. The maximum Gasteiger partial charge on any atom is 0.118 e. The van der Waals surface area contributed by atoms with Crippen molar-refractivity contribution in [3.63, 3.8) is 0 Å². The Morgan fingerprint density at radius 2 is 2.23 bits per heavy atom. The number of aromatic hydroxyl groups is 1. The van der Waals surface area contributed by atoms with Crippen LogP contribution in [-0.4, -0.2) is 29.6 Å². The maximum absolute atomic E-state index is 9.23. The molecule has 0 aliphatic heterocycles. The first kappa shape index (κ1) is 9.74. The normalized spacial score (nSPS) is 10.9. The molecular formula is C10H13NO2. The standard InChI is InChI=1S/C10H13NO2/c1-8-6-9(2-3-10(8)13)7-11-4-5-12/h2-3,6-7,12-13H,4-5H2,1H3/b11-7+. The zero-order valence-electron chi connectivity index (χ0n) is 7.57. The van der Waals surface area contributed by atoms with Crippen molar-refractivity contribution in [2.24, 2.45) is 4.99 Å². The summed E-state index contributed by atoms with van der Waals surface area (Å²) >= 11 is 0. The van der Waals surface area contributed by atoms with Gasteiger partial charge in [0.1, 0.15) is 5.75 Å². The lowest BCUT2D eigenvalue weighted by molar-refractivity contribution is 0.307. The highest BCUT2D eigenvalue weighted by atomic mass is 16.3. The highest BCUT2D eigenvalue weighted by Gasteiger charge is 1.94. The van der Waals surface area contributed by atoms with E-state index in [1.807, 2.05) is 13.0 Å². The van der Waals surface area contributed by atoms with E-state index in [-0.39, 0.29) is 6.61 Å². The van der Waals surface area contributed by atoms with Crippen molar-refractivity contribution < 1.29 is 10.2 Å². The first-order valence-electron chi connectivity index (χ1n) is 4.14. The van der Waals surface area contributed by atoms with Crippen LogP contribution in [0.2, 0.25) is 0 Å². The fourth-order valence-electron chi connectivity index (χ4n) is 0.987. The maximum atomic E-state index is 9.23. The van der Waals surface area contributed by atoms with Crippen LogP contribution in [0, 0.1) is 6.92 Å². The Bertz CT molecular complexity index is 308. The van der Waals surface area contributed by atoms with E-state index in [4.69, 9.17) is 5.11 Å². The van der Waals surface area contributed by atoms with Gasteiger partial charge in [-0.2, -0.15) is 0 Å². The minimum absolute atomic E-state index is 0.0631. The average molecular weight is 179 g/mol. The predicted molar refractivity (Wildman–Crippen MR) is 52.4 cm³/mol. The second-order valence-corrected chi connectivity index (χ2v) is 2.80. The molecule has 0 spiro atoms. The zero-order valence-corrected chi connectivity index (χ0v) is 7.57. The molecule has 0 fully saturated rings. The van der Waals surface area contributed by atoms with Gasteiger partial charge in [0, 0.05) is 6.21 Å². The van der Waals surface area contributed by atoms with Crippen molar-refractivity contribution in [2.45, 2.75) is 6.92 Å². The SMILES string of the molecule is Cc1cc(/C=N/CCO)ccc1O. The van der Waals surface area contributed by atoms with Gasteiger partial charge in [0.05, 0.1) is 13.2 Å². The molecule has 0 atom stereocenters. The van der Waals surface area contributed by atoms with Gasteiger partial charge in [-0.05, 0) is 36.2 Å². The quantitative estimate of drug-likeness (QED) is 0.683. The van der Waals surface area contributed by atoms with Gasteiger partial charge in [0.15, 0.2) is 0 Å². The fourth-order valence-corrected chi connectivity index (χ4v) is 0.987. The number of aliphatic hydroxyl groups excluding tert-OH is 1. The van der Waals surface area contributed by atoms with Gasteiger partial charge in [0.2, 0.25) is 0 Å². The lowest BCUT2D eigenvalue weighted by atomic mass is 10.1. The van der Waals surface area contributed by atoms with Crippen LogP contribution in [0.1, 0.15) is 11.1 Å². The summed E-state index contributed by atoms with van der Waals surface area (Å²) in [5.41, 5.74) is 1.76. The van der Waals surface area contributed by atoms with E-state index < -0.39 is 0 Å². The minimum Gasteiger partial charge on any atom is -0.508 e. The Morgan fingerprint density at radius 1 is 1.46 bits per heavy atom. The summed E-state index contributed by atoms with van der Waals surface area (Å²) in [6.45, 7) is 2.31. The molecule has 0 aliphatic rings. The number of aliphatic imine (C=N–C) groups is 1. The van der Waals surface area contributed by atoms with Crippen molar-refractivity contribution in [1.29, 1.82) is 0 Å². The van der Waals surface area contributed by atoms with Crippen molar-refractivity contribution in [3.05, 3.63) is 29.3 Å². The van der Waals surface area contributed by atoms with E-state index in [0.717, 1.165) is 11.1 Å². The number of hydrogen-bond donors (Lipinski definition) is 2. The van der Waals surface area contributed by atoms with Crippen LogP contribution in [0.3, 0.4) is 0 Å². The average Bonchev–Trinajstić information content (AvgIpc) is 2.12. The molecule has 0 aromatic heterocycles. The molecule has 0 amide bonds. The van der Waals surface area contributed by atoms with E-state index in [1.165, 1.54) is 0 Å². The van der Waals surface area contributed by atoms with Crippen molar-refractivity contribution in [2.75, 3.05) is 13.2 Å². The molecule has 0 bridgehead atoms. The first-order valence-corrected chi connectivity index (χ1v) is 4.14. The Balaban J connectivity index is 2.73. The monoisotopic (exact) mass is 179 g/mol. The van der Waals surface area contributed by atoms with E-state index in [1.54, 1.807) is 18.3 Å². The summed E-state index contributed by atoms with van der Waals surface area (Å²) in [7, 11) is 0. The van der Waals surface area contributed by atoms with Crippen LogP contribution in [-0.2, 0) is 0 Å². The van der Waals surface area contributed by atoms with Gasteiger partial charge in [-0.3, -0.25) is 4.99 Å². The Morgan fingerprint density at radius 3 is 2.85 bits per heavy atom. The Hall–Kier alpha value is -1.35. The van der Waals surface area contributed by atoms with Crippen molar-refractivity contribution in [3.8, 4) is 5.75 Å². The molecule has 0 heterocycles. The molecule has 3 heteroatoms. The number of aryl methyl sites for hydroxylation is 1. The number of hydrogen-bond acceptors (Lipinski definition) is 3. The summed E-state index contributed by atoms with van der Waals surface area (Å²) in [6, 6.07) is 5.26. The third-order valence-corrected chi connectivity index (χ3v) is 1.69. The van der Waals surface area contributed by atoms with Crippen molar-refractivity contribution >= 4 is 6.21 Å². The number of benzene rings is 1. The largest absolute Gasteiger partial charge is 0.508 e. The predicted octanol–water partition coefficient (Wildman–Crippen LogP) is 1.11. The van der Waals surface area contributed by atoms with E-state index >= 15 is 0 Å². The van der Waals surface area contributed by atoms with Crippen LogP contribution in [0.25, 0.3) is 0 Å². The van der Waals surface area contributed by atoms with E-state index in [0.29, 0.717) is 12.3 Å². The molecule has 0 saturated heterocycles. The van der Waals surface area contributed by atoms with Gasteiger partial charge < -0.3 is 10.2 Å². The Kier molecular flexibility index (Phi) is 3.46. The lowest BCUT2D eigenvalue weighted by Gasteiger charge is -1.98. The molecule has 70 valence electrons. The van der Waals surface area contributed by atoms with Crippen LogP contribution in [0.15, 0.2) is 23.2 Å². The molecule has 1 aromatic carbocycles. The zero-order chi connectivity index (χ0) is 9.68. The van der Waals surface area contributed by atoms with Gasteiger partial charge in [-0.15, -0.1) is 0 Å². The second kappa shape index (κ2) is 4.62. The number of nitrogens with zero attached hydrogens (tertiary/aromatic N) is 1. The summed E-state index contributed by atoms with van der Waals surface area (Å²) in [4.78, 5) is 3.97. The highest BCUT2D eigenvalue weighted by molar-refractivity contribution is 5.80. The number of phenols is 1. The molecular weight excluding hydrogens is 166 g/mol. The molecule has 13 heavy (non-hydrogen) atoms. The van der Waals surface area contributed by atoms with Crippen LogP contribution in [0.4, 0.5) is 0 Å². The molecule has 3 nitrogen and oxygen atoms in total. The summed E-state index contributed by atoms with van der Waals surface area (Å²) < 4.78 is 0. The summed E-state index contributed by atoms with van der Waals surface area (Å²) in [5.74, 6) is 0.291. The van der Waals surface area contributed by atoms with E-state index in [9.17, 15) is 5.11 Å². The molecule has 0 aliphatic carbocycles. The van der Waals surface area contributed by atoms with Gasteiger partial charge >= 0.3 is 0 Å². The van der Waals surface area contributed by atoms with Gasteiger partial charge in [0.25, 0.3) is 0 Å². The molecule has 1 aromatic rings. The molecule has 2 N–H and O–H groups in total. The second-order valence-electron chi connectivity index (χ2n) is 2.80. The number of rotatable bonds is 3. The van der Waals surface area contributed by atoms with Crippen molar-refractivity contribution in [1.82, 2.24) is 0 Å². The van der Waals surface area contributed by atoms with Gasteiger partial charge in [-0.1, -0.05) is 0 Å². The molecule has 0 radical (unpaired) electrons. The fraction of sp³-hybridized carbons (Fsp3) is 0.300. The minimum atomic E-state index is 0.0631. The smallest absolute Gasteiger partial charge is 0.118 e. The van der Waals surface area contributed by atoms with Crippen LogP contribution < -0.4 is 0 Å². The molecule has 0 saturated carbocycles. The van der Waals surface area contributed by atoms with E-state index in [2.05, 4.69) is 4.99 Å². The molecule has 1 rings (SSSR count). The lowest BCUT2D eigenvalue weighted by Crippen LogP contribution is -1.89. The molecule has 0 unspecified atom stereocenters. The third-order valence-electron chi connectivity index (χ3n) is 1.69. The first-order chi connectivity index (χ1) is 6.24. The highest BCUT2D eigenvalue weighted by Crippen LogP contribution is 2.15. The number of aliphatic hydroxyl groups is 1. The summed E-state index contributed by atoms with van der Waals surface area (Å²) in [6.07, 6.45) is 1.68. The number of phenolic OH excluding ortho intramolecular Hbond substituents is 1. The third kappa shape index (κ3) is 2.87.